The molecule has 76 valence electrons. The highest BCUT2D eigenvalue weighted by Gasteiger charge is 2.18. The normalized spacial score (nSPS) is 22.4. The largest absolute Gasteiger partial charge is 0.391 e. The quantitative estimate of drug-likeness (QED) is 0.647. The SMILES string of the molecule is O=c1ccc(N2CCC[C@@H](O)C2)n[nH]1. The van der Waals surface area contributed by atoms with E-state index in [2.05, 4.69) is 10.2 Å². The molecule has 1 aromatic heterocycles. The molecule has 5 nitrogen and oxygen atoms in total. The molecule has 0 unspecified atom stereocenters. The highest BCUT2D eigenvalue weighted by Crippen LogP contribution is 2.15. The summed E-state index contributed by atoms with van der Waals surface area (Å²) in [6.07, 6.45) is 1.53. The molecule has 1 aliphatic rings. The molecule has 1 fully saturated rings. The average Bonchev–Trinajstić information content (AvgIpc) is 2.19. The van der Waals surface area contributed by atoms with Crippen molar-refractivity contribution in [2.45, 2.75) is 18.9 Å². The van der Waals surface area contributed by atoms with Gasteiger partial charge in [0.05, 0.1) is 6.10 Å². The number of aromatic amines is 1. The van der Waals surface area contributed by atoms with Gasteiger partial charge in [0, 0.05) is 19.2 Å². The molecular weight excluding hydrogens is 182 g/mol. The Morgan fingerprint density at radius 1 is 1.57 bits per heavy atom. The summed E-state index contributed by atoms with van der Waals surface area (Å²) < 4.78 is 0. The number of anilines is 1. The van der Waals surface area contributed by atoms with E-state index in [0.29, 0.717) is 6.54 Å². The Labute approximate surface area is 81.4 Å². The highest BCUT2D eigenvalue weighted by atomic mass is 16.3. The van der Waals surface area contributed by atoms with Crippen molar-refractivity contribution in [3.63, 3.8) is 0 Å². The van der Waals surface area contributed by atoms with Crippen LogP contribution in [0, 0.1) is 0 Å². The highest BCUT2D eigenvalue weighted by molar-refractivity contribution is 5.36. The molecule has 2 N–H and O–H groups in total. The molecule has 1 atom stereocenters. The first-order valence-electron chi connectivity index (χ1n) is 4.74. The van der Waals surface area contributed by atoms with Crippen LogP contribution in [0.25, 0.3) is 0 Å². The van der Waals surface area contributed by atoms with E-state index in [1.54, 1.807) is 6.07 Å². The monoisotopic (exact) mass is 195 g/mol. The zero-order valence-corrected chi connectivity index (χ0v) is 7.81. The Morgan fingerprint density at radius 2 is 2.43 bits per heavy atom. The maximum atomic E-state index is 10.8. The Balaban J connectivity index is 2.14. The van der Waals surface area contributed by atoms with Crippen molar-refractivity contribution < 1.29 is 5.11 Å². The molecule has 14 heavy (non-hydrogen) atoms. The number of rotatable bonds is 1. The number of nitrogens with zero attached hydrogens (tertiary/aromatic N) is 2. The van der Waals surface area contributed by atoms with Crippen LogP contribution in [0.1, 0.15) is 12.8 Å². The number of nitrogens with one attached hydrogen (secondary N) is 1. The van der Waals surface area contributed by atoms with Crippen molar-refractivity contribution in [3.05, 3.63) is 22.5 Å². The minimum absolute atomic E-state index is 0.202. The fraction of sp³-hybridized carbons (Fsp3) is 0.556. The van der Waals surface area contributed by atoms with E-state index in [0.717, 1.165) is 25.2 Å². The number of H-pyrrole nitrogens is 1. The average molecular weight is 195 g/mol. The van der Waals surface area contributed by atoms with E-state index in [1.165, 1.54) is 6.07 Å². The van der Waals surface area contributed by atoms with Crippen molar-refractivity contribution in [1.82, 2.24) is 10.2 Å². The van der Waals surface area contributed by atoms with Gasteiger partial charge in [-0.1, -0.05) is 0 Å². The van der Waals surface area contributed by atoms with Crippen LogP contribution >= 0.6 is 0 Å². The lowest BCUT2D eigenvalue weighted by Gasteiger charge is -2.30. The molecule has 2 heterocycles. The number of hydrogen-bond acceptors (Lipinski definition) is 4. The number of aliphatic hydroxyl groups excluding tert-OH is 1. The molecule has 0 spiro atoms. The molecule has 1 aliphatic heterocycles. The van der Waals surface area contributed by atoms with Crippen LogP contribution in [0.3, 0.4) is 0 Å². The van der Waals surface area contributed by atoms with E-state index in [9.17, 15) is 9.90 Å². The molecule has 0 bridgehead atoms. The third-order valence-corrected chi connectivity index (χ3v) is 2.38. The summed E-state index contributed by atoms with van der Waals surface area (Å²) in [6, 6.07) is 3.13. The van der Waals surface area contributed by atoms with Gasteiger partial charge >= 0.3 is 0 Å². The van der Waals surface area contributed by atoms with Gasteiger partial charge in [0.15, 0.2) is 0 Å². The Kier molecular flexibility index (Phi) is 2.49. The van der Waals surface area contributed by atoms with Gasteiger partial charge in [-0.3, -0.25) is 4.79 Å². The topological polar surface area (TPSA) is 69.2 Å². The number of aromatic nitrogens is 2. The van der Waals surface area contributed by atoms with Gasteiger partial charge in [-0.15, -0.1) is 0 Å². The second-order valence-corrected chi connectivity index (χ2v) is 3.52. The summed E-state index contributed by atoms with van der Waals surface area (Å²) in [4.78, 5) is 12.8. The van der Waals surface area contributed by atoms with Crippen molar-refractivity contribution in [2.75, 3.05) is 18.0 Å². The fourth-order valence-corrected chi connectivity index (χ4v) is 1.68. The summed E-state index contributed by atoms with van der Waals surface area (Å²) in [5.74, 6) is 0.725. The second-order valence-electron chi connectivity index (χ2n) is 3.52. The van der Waals surface area contributed by atoms with Crippen LogP contribution < -0.4 is 10.5 Å². The van der Waals surface area contributed by atoms with Crippen molar-refractivity contribution >= 4 is 5.82 Å². The Hall–Kier alpha value is -1.36. The van der Waals surface area contributed by atoms with Crippen LogP contribution in [0.5, 0.6) is 0 Å². The van der Waals surface area contributed by atoms with E-state index in [-0.39, 0.29) is 11.7 Å². The fourth-order valence-electron chi connectivity index (χ4n) is 1.68. The van der Waals surface area contributed by atoms with Gasteiger partial charge in [-0.2, -0.15) is 5.10 Å². The Bertz CT molecular complexity index is 343. The van der Waals surface area contributed by atoms with Crippen LogP contribution in [-0.4, -0.2) is 34.5 Å². The molecule has 0 amide bonds. The first kappa shape index (κ1) is 9.21. The summed E-state index contributed by atoms with van der Waals surface area (Å²) in [6.45, 7) is 1.48. The van der Waals surface area contributed by atoms with E-state index < -0.39 is 0 Å². The summed E-state index contributed by atoms with van der Waals surface area (Å²) >= 11 is 0. The van der Waals surface area contributed by atoms with Gasteiger partial charge in [0.2, 0.25) is 0 Å². The van der Waals surface area contributed by atoms with Crippen LogP contribution in [0.15, 0.2) is 16.9 Å². The van der Waals surface area contributed by atoms with Crippen molar-refractivity contribution in [1.29, 1.82) is 0 Å². The van der Waals surface area contributed by atoms with Crippen LogP contribution in [0.2, 0.25) is 0 Å². The maximum Gasteiger partial charge on any atom is 0.264 e. The molecule has 0 aliphatic carbocycles. The molecule has 2 rings (SSSR count). The second kappa shape index (κ2) is 3.79. The molecule has 0 radical (unpaired) electrons. The first-order valence-corrected chi connectivity index (χ1v) is 4.74. The van der Waals surface area contributed by atoms with Crippen molar-refractivity contribution in [3.8, 4) is 0 Å². The van der Waals surface area contributed by atoms with Crippen molar-refractivity contribution in [2.24, 2.45) is 0 Å². The third kappa shape index (κ3) is 1.93. The number of β-amino-alcohol motifs (C(OH)–C–C–N with tert-alkyl or cyclic N) is 1. The van der Waals surface area contributed by atoms with E-state index >= 15 is 0 Å². The lowest BCUT2D eigenvalue weighted by Crippen LogP contribution is -2.39. The lowest BCUT2D eigenvalue weighted by molar-refractivity contribution is 0.154. The number of piperidine rings is 1. The molecule has 1 saturated heterocycles. The molecule has 0 saturated carbocycles. The number of hydrogen-bond donors (Lipinski definition) is 2. The molecule has 5 heteroatoms. The predicted octanol–water partition coefficient (Wildman–Crippen LogP) is -0.269. The smallest absolute Gasteiger partial charge is 0.264 e. The van der Waals surface area contributed by atoms with Crippen LogP contribution in [0.4, 0.5) is 5.82 Å². The summed E-state index contributed by atoms with van der Waals surface area (Å²) in [5.41, 5.74) is -0.202. The minimum atomic E-state index is -0.280. The lowest BCUT2D eigenvalue weighted by atomic mass is 10.1. The number of aliphatic hydroxyl groups is 1. The van der Waals surface area contributed by atoms with Gasteiger partial charge in [0.25, 0.3) is 5.56 Å². The Morgan fingerprint density at radius 3 is 3.07 bits per heavy atom. The summed E-state index contributed by atoms with van der Waals surface area (Å²) in [7, 11) is 0. The zero-order chi connectivity index (χ0) is 9.97. The van der Waals surface area contributed by atoms with E-state index in [4.69, 9.17) is 0 Å². The van der Waals surface area contributed by atoms with Gasteiger partial charge in [-0.05, 0) is 18.9 Å². The predicted molar refractivity (Wildman–Crippen MR) is 52.3 cm³/mol. The minimum Gasteiger partial charge on any atom is -0.391 e. The molecular formula is C9H13N3O2. The molecule has 0 aromatic carbocycles. The standard InChI is InChI=1S/C9H13N3O2/c13-7-2-1-5-12(6-7)8-3-4-9(14)11-10-8/h3-4,7,13H,1-2,5-6H2,(H,11,14)/t7-/m1/s1. The van der Waals surface area contributed by atoms with Crippen LogP contribution in [-0.2, 0) is 0 Å². The maximum absolute atomic E-state index is 10.8. The van der Waals surface area contributed by atoms with E-state index in [1.807, 2.05) is 4.90 Å². The zero-order valence-electron chi connectivity index (χ0n) is 7.81. The first-order chi connectivity index (χ1) is 6.75. The van der Waals surface area contributed by atoms with Gasteiger partial charge in [0.1, 0.15) is 5.82 Å². The van der Waals surface area contributed by atoms with Gasteiger partial charge in [-0.25, -0.2) is 5.10 Å². The molecule has 1 aromatic rings. The van der Waals surface area contributed by atoms with Gasteiger partial charge < -0.3 is 10.0 Å². The summed E-state index contributed by atoms with van der Waals surface area (Å²) in [5, 5.41) is 15.8. The third-order valence-electron chi connectivity index (χ3n) is 2.38.